The first kappa shape index (κ1) is 22.1. The summed E-state index contributed by atoms with van der Waals surface area (Å²) in [5.41, 5.74) is 0. The topological polar surface area (TPSA) is 54.9 Å². The van der Waals surface area contributed by atoms with Crippen molar-refractivity contribution in [1.29, 1.82) is 0 Å². The molecule has 1 unspecified atom stereocenters. The summed E-state index contributed by atoms with van der Waals surface area (Å²) in [6.07, 6.45) is 3.26. The molecule has 0 aliphatic carbocycles. The van der Waals surface area contributed by atoms with Crippen molar-refractivity contribution < 1.29 is 9.47 Å². The Labute approximate surface area is 168 Å². The van der Waals surface area contributed by atoms with Gasteiger partial charge in [-0.15, -0.1) is 11.8 Å². The van der Waals surface area contributed by atoms with Gasteiger partial charge in [0.2, 0.25) is 0 Å². The Morgan fingerprint density at radius 3 is 2.78 bits per heavy atom. The Morgan fingerprint density at radius 2 is 2.04 bits per heavy atom. The maximum atomic E-state index is 5.82. The summed E-state index contributed by atoms with van der Waals surface area (Å²) in [5.74, 6) is 1.57. The van der Waals surface area contributed by atoms with Crippen molar-refractivity contribution in [2.45, 2.75) is 43.3 Å². The lowest BCUT2D eigenvalue weighted by Gasteiger charge is -2.21. The second-order valence-corrected chi connectivity index (χ2v) is 8.38. The smallest absolute Gasteiger partial charge is 0.191 e. The molecule has 6 heteroatoms. The van der Waals surface area contributed by atoms with Crippen LogP contribution >= 0.6 is 11.8 Å². The minimum atomic E-state index is 0.436. The molecular weight excluding hydrogens is 358 g/mol. The molecule has 1 aromatic rings. The number of rotatable bonds is 11. The fourth-order valence-electron chi connectivity index (χ4n) is 2.87. The Bertz CT molecular complexity index is 521. The van der Waals surface area contributed by atoms with E-state index in [-0.39, 0.29) is 0 Å². The van der Waals surface area contributed by atoms with Crippen molar-refractivity contribution in [3.63, 3.8) is 0 Å². The van der Waals surface area contributed by atoms with Crippen molar-refractivity contribution >= 4 is 17.7 Å². The molecule has 1 aliphatic rings. The van der Waals surface area contributed by atoms with Gasteiger partial charge >= 0.3 is 0 Å². The fourth-order valence-corrected chi connectivity index (χ4v) is 3.80. The Balaban J connectivity index is 1.59. The third-order valence-corrected chi connectivity index (χ3v) is 5.48. The lowest BCUT2D eigenvalue weighted by atomic mass is 10.0. The molecule has 1 saturated heterocycles. The number of thioether (sulfide) groups is 1. The van der Waals surface area contributed by atoms with Crippen LogP contribution in [-0.4, -0.2) is 57.3 Å². The van der Waals surface area contributed by atoms with E-state index >= 15 is 0 Å². The Morgan fingerprint density at radius 1 is 1.26 bits per heavy atom. The molecule has 1 fully saturated rings. The summed E-state index contributed by atoms with van der Waals surface area (Å²) in [4.78, 5) is 6.01. The second kappa shape index (κ2) is 13.9. The number of nitrogens with zero attached hydrogens (tertiary/aromatic N) is 1. The van der Waals surface area contributed by atoms with Gasteiger partial charge in [0.15, 0.2) is 5.96 Å². The van der Waals surface area contributed by atoms with Crippen molar-refractivity contribution in [3.05, 3.63) is 30.3 Å². The first-order valence-corrected chi connectivity index (χ1v) is 11.0. The molecule has 0 radical (unpaired) electrons. The quantitative estimate of drug-likeness (QED) is 0.261. The van der Waals surface area contributed by atoms with Gasteiger partial charge < -0.3 is 20.1 Å². The first-order valence-electron chi connectivity index (χ1n) is 10.2. The summed E-state index contributed by atoms with van der Waals surface area (Å²) < 4.78 is 11.2. The highest BCUT2D eigenvalue weighted by molar-refractivity contribution is 8.00. The largest absolute Gasteiger partial charge is 0.381 e. The van der Waals surface area contributed by atoms with E-state index in [1.54, 1.807) is 0 Å². The monoisotopic (exact) mass is 393 g/mol. The predicted molar refractivity (Wildman–Crippen MR) is 115 cm³/mol. The van der Waals surface area contributed by atoms with Gasteiger partial charge in [-0.3, -0.25) is 4.99 Å². The minimum absolute atomic E-state index is 0.436. The minimum Gasteiger partial charge on any atom is -0.381 e. The van der Waals surface area contributed by atoms with Crippen LogP contribution < -0.4 is 10.6 Å². The zero-order valence-electron chi connectivity index (χ0n) is 16.8. The van der Waals surface area contributed by atoms with E-state index in [4.69, 9.17) is 14.5 Å². The highest BCUT2D eigenvalue weighted by Gasteiger charge is 2.13. The number of guanidine groups is 1. The molecule has 2 N–H and O–H groups in total. The van der Waals surface area contributed by atoms with Crippen molar-refractivity contribution in [1.82, 2.24) is 10.6 Å². The standard InChI is InChI=1S/C21H35N3O2S/c1-3-22-21(24-16-18(2)27-20-8-5-4-6-9-20)23-12-7-13-26-17-19-10-14-25-15-11-19/h4-6,8-9,18-19H,3,7,10-17H2,1-2H3,(H2,22,23,24). The van der Waals surface area contributed by atoms with Crippen molar-refractivity contribution in [3.8, 4) is 0 Å². The molecule has 2 rings (SSSR count). The molecule has 1 aromatic carbocycles. The lowest BCUT2D eigenvalue weighted by Crippen LogP contribution is -2.38. The molecule has 1 heterocycles. The van der Waals surface area contributed by atoms with Crippen LogP contribution in [0.1, 0.15) is 33.1 Å². The van der Waals surface area contributed by atoms with E-state index in [1.165, 1.54) is 4.90 Å². The van der Waals surface area contributed by atoms with Gasteiger partial charge in [-0.2, -0.15) is 0 Å². The van der Waals surface area contributed by atoms with Gasteiger partial charge in [0.25, 0.3) is 0 Å². The van der Waals surface area contributed by atoms with E-state index in [1.807, 2.05) is 17.8 Å². The third kappa shape index (κ3) is 10.0. The summed E-state index contributed by atoms with van der Waals surface area (Å²) >= 11 is 1.86. The van der Waals surface area contributed by atoms with Crippen LogP contribution in [0.4, 0.5) is 0 Å². The second-order valence-electron chi connectivity index (χ2n) is 6.87. The summed E-state index contributed by atoms with van der Waals surface area (Å²) in [6.45, 7) is 10.3. The fraction of sp³-hybridized carbons (Fsp3) is 0.667. The Hall–Kier alpha value is -1.24. The maximum absolute atomic E-state index is 5.82. The van der Waals surface area contributed by atoms with E-state index in [9.17, 15) is 0 Å². The van der Waals surface area contributed by atoms with Gasteiger partial charge in [0.1, 0.15) is 0 Å². The van der Waals surface area contributed by atoms with Crippen molar-refractivity contribution in [2.75, 3.05) is 46.1 Å². The van der Waals surface area contributed by atoms with Gasteiger partial charge in [-0.25, -0.2) is 0 Å². The van der Waals surface area contributed by atoms with Crippen LogP contribution in [0.15, 0.2) is 40.2 Å². The van der Waals surface area contributed by atoms with E-state index < -0.39 is 0 Å². The van der Waals surface area contributed by atoms with Gasteiger partial charge in [0, 0.05) is 49.7 Å². The lowest BCUT2D eigenvalue weighted by molar-refractivity contribution is 0.0203. The SMILES string of the molecule is CCNC(=NCC(C)Sc1ccccc1)NCCCOCC1CCOCC1. The maximum Gasteiger partial charge on any atom is 0.191 e. The average Bonchev–Trinajstić information content (AvgIpc) is 2.70. The molecule has 1 aliphatic heterocycles. The van der Waals surface area contributed by atoms with E-state index in [0.29, 0.717) is 11.2 Å². The van der Waals surface area contributed by atoms with Crippen LogP contribution in [-0.2, 0) is 9.47 Å². The molecule has 0 saturated carbocycles. The van der Waals surface area contributed by atoms with E-state index in [0.717, 1.165) is 71.3 Å². The number of ether oxygens (including phenoxy) is 2. The van der Waals surface area contributed by atoms with Gasteiger partial charge in [0.05, 0.1) is 6.54 Å². The number of aliphatic imine (C=N–C) groups is 1. The molecule has 152 valence electrons. The molecule has 27 heavy (non-hydrogen) atoms. The van der Waals surface area contributed by atoms with Crippen LogP contribution in [0.3, 0.4) is 0 Å². The van der Waals surface area contributed by atoms with Crippen LogP contribution in [0.2, 0.25) is 0 Å². The van der Waals surface area contributed by atoms with Crippen molar-refractivity contribution in [2.24, 2.45) is 10.9 Å². The summed E-state index contributed by atoms with van der Waals surface area (Å²) in [6, 6.07) is 10.5. The number of benzene rings is 1. The number of nitrogens with one attached hydrogen (secondary N) is 2. The summed E-state index contributed by atoms with van der Waals surface area (Å²) in [7, 11) is 0. The Kier molecular flexibility index (Phi) is 11.3. The zero-order valence-corrected chi connectivity index (χ0v) is 17.6. The zero-order chi connectivity index (χ0) is 19.2. The molecule has 5 nitrogen and oxygen atoms in total. The first-order chi connectivity index (χ1) is 13.3. The third-order valence-electron chi connectivity index (χ3n) is 4.38. The highest BCUT2D eigenvalue weighted by atomic mass is 32.2. The molecule has 0 amide bonds. The average molecular weight is 394 g/mol. The van der Waals surface area contributed by atoms with Crippen LogP contribution in [0.25, 0.3) is 0 Å². The van der Waals surface area contributed by atoms with Crippen LogP contribution in [0, 0.1) is 5.92 Å². The molecule has 0 aromatic heterocycles. The molecule has 1 atom stereocenters. The number of hydrogen-bond acceptors (Lipinski definition) is 4. The summed E-state index contributed by atoms with van der Waals surface area (Å²) in [5, 5.41) is 7.16. The normalized spacial score (nSPS) is 16.9. The van der Waals surface area contributed by atoms with E-state index in [2.05, 4.69) is 48.7 Å². The van der Waals surface area contributed by atoms with Gasteiger partial charge in [-0.05, 0) is 44.2 Å². The molecule has 0 spiro atoms. The van der Waals surface area contributed by atoms with Gasteiger partial charge in [-0.1, -0.05) is 25.1 Å². The molecular formula is C21H35N3O2S. The highest BCUT2D eigenvalue weighted by Crippen LogP contribution is 2.22. The van der Waals surface area contributed by atoms with Crippen LogP contribution in [0.5, 0.6) is 0 Å². The number of hydrogen-bond donors (Lipinski definition) is 2. The predicted octanol–water partition coefficient (Wildman–Crippen LogP) is 3.56. The molecule has 0 bridgehead atoms.